The molecule has 1 fully saturated rings. The van der Waals surface area contributed by atoms with Crippen molar-refractivity contribution in [2.45, 2.75) is 26.4 Å². The Balaban J connectivity index is 2.53. The summed E-state index contributed by atoms with van der Waals surface area (Å²) in [6, 6.07) is 0. The van der Waals surface area contributed by atoms with Crippen molar-refractivity contribution in [3.63, 3.8) is 0 Å². The van der Waals surface area contributed by atoms with E-state index in [4.69, 9.17) is 10.5 Å². The van der Waals surface area contributed by atoms with Gasteiger partial charge in [-0.3, -0.25) is 14.2 Å². The second-order valence-electron chi connectivity index (χ2n) is 6.53. The van der Waals surface area contributed by atoms with Gasteiger partial charge in [-0.15, -0.1) is 13.2 Å². The lowest BCUT2D eigenvalue weighted by Gasteiger charge is -2.30. The molecule has 0 spiro atoms. The zero-order chi connectivity index (χ0) is 20.7. The van der Waals surface area contributed by atoms with Gasteiger partial charge in [-0.25, -0.2) is 9.36 Å². The zero-order valence-electron chi connectivity index (χ0n) is 16.4. The topological polar surface area (TPSA) is 103 Å². The van der Waals surface area contributed by atoms with Crippen molar-refractivity contribution in [3.05, 3.63) is 46.1 Å². The summed E-state index contributed by atoms with van der Waals surface area (Å²) in [5.74, 6) is -0.226. The maximum Gasteiger partial charge on any atom is 0.333 e. The molecule has 0 atom stereocenters. The van der Waals surface area contributed by atoms with Crippen molar-refractivity contribution in [1.29, 1.82) is 0 Å². The first-order chi connectivity index (χ1) is 13.5. The first kappa shape index (κ1) is 21.5. The summed E-state index contributed by atoms with van der Waals surface area (Å²) in [5.41, 5.74) is 5.32. The molecule has 0 bridgehead atoms. The zero-order valence-corrected chi connectivity index (χ0v) is 16.4. The predicted molar refractivity (Wildman–Crippen MR) is 110 cm³/mol. The van der Waals surface area contributed by atoms with Gasteiger partial charge in [-0.1, -0.05) is 19.1 Å². The van der Waals surface area contributed by atoms with Gasteiger partial charge in [0.1, 0.15) is 18.1 Å². The average molecular weight is 391 g/mol. The molecule has 1 aliphatic rings. The van der Waals surface area contributed by atoms with Crippen LogP contribution < -0.4 is 21.9 Å². The molecule has 1 aliphatic heterocycles. The fourth-order valence-electron chi connectivity index (χ4n) is 3.19. The van der Waals surface area contributed by atoms with E-state index >= 15 is 0 Å². The Kier molecular flexibility index (Phi) is 7.62. The highest BCUT2D eigenvalue weighted by atomic mass is 16.5. The van der Waals surface area contributed by atoms with E-state index in [0.29, 0.717) is 52.4 Å². The molecular formula is C19H29N5O4. The highest BCUT2D eigenvalue weighted by Gasteiger charge is 2.25. The molecule has 1 aromatic rings. The number of carbonyl (C=O) groups is 1. The third-order valence-electron chi connectivity index (χ3n) is 4.56. The van der Waals surface area contributed by atoms with Crippen molar-refractivity contribution >= 4 is 17.4 Å². The van der Waals surface area contributed by atoms with Crippen molar-refractivity contribution < 1.29 is 9.53 Å². The van der Waals surface area contributed by atoms with Crippen molar-refractivity contribution in [1.82, 2.24) is 14.0 Å². The van der Waals surface area contributed by atoms with Crippen LogP contribution >= 0.6 is 0 Å². The summed E-state index contributed by atoms with van der Waals surface area (Å²) < 4.78 is 7.68. The van der Waals surface area contributed by atoms with E-state index in [9.17, 15) is 14.4 Å². The molecule has 9 heteroatoms. The number of hydrogen-bond acceptors (Lipinski definition) is 6. The molecule has 9 nitrogen and oxygen atoms in total. The molecule has 0 radical (unpaired) electrons. The Morgan fingerprint density at radius 3 is 2.32 bits per heavy atom. The summed E-state index contributed by atoms with van der Waals surface area (Å²) in [6.07, 6.45) is 3.83. The lowest BCUT2D eigenvalue weighted by Crippen LogP contribution is -2.49. The van der Waals surface area contributed by atoms with Crippen LogP contribution in [-0.4, -0.2) is 59.3 Å². The molecule has 154 valence electrons. The largest absolute Gasteiger partial charge is 0.383 e. The van der Waals surface area contributed by atoms with E-state index in [0.717, 1.165) is 4.57 Å². The quantitative estimate of drug-likeness (QED) is 0.596. The van der Waals surface area contributed by atoms with Gasteiger partial charge in [0, 0.05) is 32.7 Å². The second kappa shape index (κ2) is 9.93. The SMILES string of the molecule is C=CCN(CC=C)C(=O)Cn1c(=O)c(N2CCOCC2)c(N)n(CCC)c1=O. The van der Waals surface area contributed by atoms with Gasteiger partial charge < -0.3 is 20.3 Å². The number of nitrogens with zero attached hydrogens (tertiary/aromatic N) is 4. The molecule has 28 heavy (non-hydrogen) atoms. The number of anilines is 2. The van der Waals surface area contributed by atoms with Crippen molar-refractivity contribution in [2.24, 2.45) is 0 Å². The van der Waals surface area contributed by atoms with Gasteiger partial charge in [0.15, 0.2) is 0 Å². The Bertz CT molecular complexity index is 826. The third kappa shape index (κ3) is 4.53. The van der Waals surface area contributed by atoms with Crippen LogP contribution in [0.4, 0.5) is 11.5 Å². The van der Waals surface area contributed by atoms with E-state index < -0.39 is 11.2 Å². The number of hydrogen-bond donors (Lipinski definition) is 1. The number of ether oxygens (including phenoxy) is 1. The van der Waals surface area contributed by atoms with E-state index in [-0.39, 0.29) is 24.0 Å². The summed E-state index contributed by atoms with van der Waals surface area (Å²) in [4.78, 5) is 42.0. The minimum Gasteiger partial charge on any atom is -0.383 e. The van der Waals surface area contributed by atoms with Crippen LogP contribution in [0.2, 0.25) is 0 Å². The highest BCUT2D eigenvalue weighted by Crippen LogP contribution is 2.18. The number of carbonyl (C=O) groups excluding carboxylic acids is 1. The van der Waals surface area contributed by atoms with Crippen LogP contribution in [0.15, 0.2) is 34.9 Å². The van der Waals surface area contributed by atoms with Crippen LogP contribution in [0.1, 0.15) is 13.3 Å². The lowest BCUT2D eigenvalue weighted by atomic mass is 10.3. The van der Waals surface area contributed by atoms with Crippen LogP contribution in [0.25, 0.3) is 0 Å². The lowest BCUT2D eigenvalue weighted by molar-refractivity contribution is -0.130. The Morgan fingerprint density at radius 1 is 1.18 bits per heavy atom. The van der Waals surface area contributed by atoms with Crippen LogP contribution in [0, 0.1) is 0 Å². The third-order valence-corrected chi connectivity index (χ3v) is 4.56. The minimum atomic E-state index is -0.577. The molecule has 2 N–H and O–H groups in total. The molecule has 0 aromatic carbocycles. The summed E-state index contributed by atoms with van der Waals surface area (Å²) in [7, 11) is 0. The maximum absolute atomic E-state index is 13.1. The average Bonchev–Trinajstić information content (AvgIpc) is 2.69. The van der Waals surface area contributed by atoms with Crippen molar-refractivity contribution in [3.8, 4) is 0 Å². The molecule has 1 aromatic heterocycles. The summed E-state index contributed by atoms with van der Waals surface area (Å²) in [5, 5.41) is 0. The first-order valence-electron chi connectivity index (χ1n) is 9.41. The van der Waals surface area contributed by atoms with Gasteiger partial charge in [0.05, 0.1) is 13.2 Å². The monoisotopic (exact) mass is 391 g/mol. The molecule has 0 unspecified atom stereocenters. The number of rotatable bonds is 9. The Hall–Kier alpha value is -2.81. The normalized spacial score (nSPS) is 14.0. The van der Waals surface area contributed by atoms with Crippen molar-refractivity contribution in [2.75, 3.05) is 50.0 Å². The fourth-order valence-corrected chi connectivity index (χ4v) is 3.19. The van der Waals surface area contributed by atoms with Crippen LogP contribution in [-0.2, 0) is 22.6 Å². The number of morpholine rings is 1. The Labute approximate surface area is 164 Å². The number of amides is 1. The van der Waals surface area contributed by atoms with Crippen LogP contribution in [0.5, 0.6) is 0 Å². The number of nitrogen functional groups attached to an aromatic ring is 1. The molecule has 2 heterocycles. The standard InChI is InChI=1S/C19H29N5O4/c1-4-7-21(8-5-2)15(25)14-24-18(26)16(22-10-12-28-13-11-22)17(20)23(9-6-3)19(24)27/h4-5H,1-2,6-14,20H2,3H3. The predicted octanol–water partition coefficient (Wildman–Crippen LogP) is 0.0394. The molecule has 1 amide bonds. The van der Waals surface area contributed by atoms with Gasteiger partial charge in [0.2, 0.25) is 5.91 Å². The summed E-state index contributed by atoms with van der Waals surface area (Å²) in [6.45, 7) is 11.7. The van der Waals surface area contributed by atoms with Gasteiger partial charge in [0.25, 0.3) is 5.56 Å². The second-order valence-corrected chi connectivity index (χ2v) is 6.53. The van der Waals surface area contributed by atoms with Gasteiger partial charge >= 0.3 is 5.69 Å². The van der Waals surface area contributed by atoms with E-state index in [2.05, 4.69) is 13.2 Å². The summed E-state index contributed by atoms with van der Waals surface area (Å²) >= 11 is 0. The van der Waals surface area contributed by atoms with Gasteiger partial charge in [-0.05, 0) is 6.42 Å². The molecule has 2 rings (SSSR count). The maximum atomic E-state index is 13.1. The number of nitrogens with two attached hydrogens (primary N) is 1. The van der Waals surface area contributed by atoms with E-state index in [1.54, 1.807) is 12.2 Å². The first-order valence-corrected chi connectivity index (χ1v) is 9.41. The minimum absolute atomic E-state index is 0.136. The Morgan fingerprint density at radius 2 is 1.79 bits per heavy atom. The molecular weight excluding hydrogens is 362 g/mol. The molecule has 0 saturated carbocycles. The van der Waals surface area contributed by atoms with E-state index in [1.165, 1.54) is 9.47 Å². The molecule has 0 aliphatic carbocycles. The van der Waals surface area contributed by atoms with Gasteiger partial charge in [-0.2, -0.15) is 0 Å². The van der Waals surface area contributed by atoms with Crippen LogP contribution in [0.3, 0.4) is 0 Å². The smallest absolute Gasteiger partial charge is 0.333 e. The molecule has 1 saturated heterocycles. The van der Waals surface area contributed by atoms with E-state index in [1.807, 2.05) is 11.8 Å². The fraction of sp³-hybridized carbons (Fsp3) is 0.526. The number of aromatic nitrogens is 2. The highest BCUT2D eigenvalue weighted by molar-refractivity contribution is 5.76.